The summed E-state index contributed by atoms with van der Waals surface area (Å²) in [6, 6.07) is 7.66. The van der Waals surface area contributed by atoms with E-state index in [4.69, 9.17) is 22.7 Å². The van der Waals surface area contributed by atoms with Crippen LogP contribution in [-0.4, -0.2) is 11.6 Å². The largest absolute Gasteiger partial charge is 0.493 e. The average Bonchev–Trinajstić information content (AvgIpc) is 2.25. The molecule has 0 aliphatic carbocycles. The molecule has 0 saturated heterocycles. The average molecular weight is 251 g/mol. The lowest BCUT2D eigenvalue weighted by Gasteiger charge is -2.16. The summed E-state index contributed by atoms with van der Waals surface area (Å²) in [5.74, 6) is 2.02. The first-order chi connectivity index (χ1) is 8.00. The van der Waals surface area contributed by atoms with Crippen molar-refractivity contribution in [2.75, 3.05) is 6.61 Å². The molecule has 0 amide bonds. The maximum atomic E-state index is 5.79. The molecule has 0 aliphatic rings. The van der Waals surface area contributed by atoms with Gasteiger partial charge in [0.1, 0.15) is 10.7 Å². The van der Waals surface area contributed by atoms with Crippen molar-refractivity contribution < 1.29 is 4.74 Å². The van der Waals surface area contributed by atoms with Crippen molar-refractivity contribution in [1.29, 1.82) is 0 Å². The van der Waals surface area contributed by atoms with E-state index in [1.807, 2.05) is 24.3 Å². The molecule has 1 aromatic rings. The van der Waals surface area contributed by atoms with Crippen LogP contribution in [0, 0.1) is 11.8 Å². The van der Waals surface area contributed by atoms with Gasteiger partial charge < -0.3 is 10.5 Å². The van der Waals surface area contributed by atoms with Crippen LogP contribution >= 0.6 is 12.2 Å². The van der Waals surface area contributed by atoms with Gasteiger partial charge in [-0.15, -0.1) is 0 Å². The lowest BCUT2D eigenvalue weighted by molar-refractivity contribution is 0.238. The lowest BCUT2D eigenvalue weighted by atomic mass is 10.00. The number of benzene rings is 1. The Labute approximate surface area is 109 Å². The molecule has 0 spiro atoms. The zero-order chi connectivity index (χ0) is 12.8. The Kier molecular flexibility index (Phi) is 5.42. The first kappa shape index (κ1) is 14.0. The Hall–Kier alpha value is -1.09. The molecule has 0 fully saturated rings. The van der Waals surface area contributed by atoms with Crippen molar-refractivity contribution in [2.24, 2.45) is 17.6 Å². The summed E-state index contributed by atoms with van der Waals surface area (Å²) >= 11 is 5.00. The smallest absolute Gasteiger partial charge is 0.129 e. The van der Waals surface area contributed by atoms with E-state index in [1.165, 1.54) is 0 Å². The molecule has 3 heteroatoms. The fourth-order valence-corrected chi connectivity index (χ4v) is 2.07. The van der Waals surface area contributed by atoms with Gasteiger partial charge in [0.15, 0.2) is 0 Å². The fraction of sp³-hybridized carbons (Fsp3) is 0.500. The number of nitrogens with two attached hydrogens (primary N) is 1. The van der Waals surface area contributed by atoms with Gasteiger partial charge in [0.25, 0.3) is 0 Å². The predicted molar refractivity (Wildman–Crippen MR) is 76.4 cm³/mol. The van der Waals surface area contributed by atoms with E-state index < -0.39 is 0 Å². The third-order valence-corrected chi connectivity index (χ3v) is 2.77. The summed E-state index contributed by atoms with van der Waals surface area (Å²) in [6.07, 6.45) is 1.16. The standard InChI is InChI=1S/C14H21NOS/c1-10(2)8-11(3)9-16-13-7-5-4-6-12(13)14(15)17/h4-7,10-11H,8-9H2,1-3H3,(H2,15,17). The molecule has 1 rings (SSSR count). The van der Waals surface area contributed by atoms with Crippen LogP contribution in [0.2, 0.25) is 0 Å². The lowest BCUT2D eigenvalue weighted by Crippen LogP contribution is -2.15. The van der Waals surface area contributed by atoms with Crippen molar-refractivity contribution in [1.82, 2.24) is 0 Å². The summed E-state index contributed by atoms with van der Waals surface area (Å²) in [5, 5.41) is 0. The molecular formula is C14H21NOS. The van der Waals surface area contributed by atoms with Crippen LogP contribution in [0.1, 0.15) is 32.8 Å². The summed E-state index contributed by atoms with van der Waals surface area (Å²) in [4.78, 5) is 0.386. The van der Waals surface area contributed by atoms with Gasteiger partial charge in [-0.1, -0.05) is 45.1 Å². The number of hydrogen-bond donors (Lipinski definition) is 1. The van der Waals surface area contributed by atoms with Crippen molar-refractivity contribution in [3.8, 4) is 5.75 Å². The molecular weight excluding hydrogens is 230 g/mol. The molecule has 0 saturated carbocycles. The zero-order valence-corrected chi connectivity index (χ0v) is 11.6. The molecule has 1 unspecified atom stereocenters. The van der Waals surface area contributed by atoms with Crippen molar-refractivity contribution in [3.05, 3.63) is 29.8 Å². The predicted octanol–water partition coefficient (Wildman–Crippen LogP) is 3.38. The number of hydrogen-bond acceptors (Lipinski definition) is 2. The van der Waals surface area contributed by atoms with E-state index in [0.717, 1.165) is 17.7 Å². The van der Waals surface area contributed by atoms with Crippen LogP contribution in [0.3, 0.4) is 0 Å². The van der Waals surface area contributed by atoms with Gasteiger partial charge in [-0.25, -0.2) is 0 Å². The Bertz CT molecular complexity index is 376. The van der Waals surface area contributed by atoms with E-state index in [2.05, 4.69) is 20.8 Å². The molecule has 0 heterocycles. The van der Waals surface area contributed by atoms with E-state index in [9.17, 15) is 0 Å². The van der Waals surface area contributed by atoms with Gasteiger partial charge in [0.2, 0.25) is 0 Å². The van der Waals surface area contributed by atoms with Crippen molar-refractivity contribution in [2.45, 2.75) is 27.2 Å². The topological polar surface area (TPSA) is 35.2 Å². The second-order valence-electron chi connectivity index (χ2n) is 4.91. The second kappa shape index (κ2) is 6.60. The zero-order valence-electron chi connectivity index (χ0n) is 10.8. The molecule has 2 N–H and O–H groups in total. The molecule has 2 nitrogen and oxygen atoms in total. The summed E-state index contributed by atoms with van der Waals surface area (Å²) in [6.45, 7) is 7.35. The molecule has 1 atom stereocenters. The maximum absolute atomic E-state index is 5.79. The molecule has 0 aromatic heterocycles. The van der Waals surface area contributed by atoms with Crippen LogP contribution in [0.25, 0.3) is 0 Å². The molecule has 0 aliphatic heterocycles. The Morgan fingerprint density at radius 3 is 2.53 bits per heavy atom. The minimum absolute atomic E-state index is 0.386. The third-order valence-electron chi connectivity index (χ3n) is 2.55. The minimum Gasteiger partial charge on any atom is -0.493 e. The van der Waals surface area contributed by atoms with Crippen LogP contribution in [0.4, 0.5) is 0 Å². The number of rotatable bonds is 6. The summed E-state index contributed by atoms with van der Waals surface area (Å²) in [5.41, 5.74) is 6.47. The van der Waals surface area contributed by atoms with E-state index >= 15 is 0 Å². The highest BCUT2D eigenvalue weighted by Gasteiger charge is 2.09. The van der Waals surface area contributed by atoms with E-state index in [1.54, 1.807) is 0 Å². The van der Waals surface area contributed by atoms with Gasteiger partial charge in [-0.3, -0.25) is 0 Å². The Balaban J connectivity index is 2.60. The molecule has 94 valence electrons. The molecule has 0 radical (unpaired) electrons. The quantitative estimate of drug-likeness (QED) is 0.787. The fourth-order valence-electron chi connectivity index (χ4n) is 1.90. The summed E-state index contributed by atoms with van der Waals surface area (Å²) < 4.78 is 5.79. The van der Waals surface area contributed by atoms with Crippen LogP contribution in [0.5, 0.6) is 5.75 Å². The highest BCUT2D eigenvalue weighted by atomic mass is 32.1. The highest BCUT2D eigenvalue weighted by Crippen LogP contribution is 2.20. The first-order valence-corrected chi connectivity index (χ1v) is 6.43. The maximum Gasteiger partial charge on any atom is 0.129 e. The van der Waals surface area contributed by atoms with Gasteiger partial charge in [0.05, 0.1) is 12.2 Å². The third kappa shape index (κ3) is 4.73. The highest BCUT2D eigenvalue weighted by molar-refractivity contribution is 7.80. The van der Waals surface area contributed by atoms with Crippen molar-refractivity contribution in [3.63, 3.8) is 0 Å². The summed E-state index contributed by atoms with van der Waals surface area (Å²) in [7, 11) is 0. The van der Waals surface area contributed by atoms with Crippen LogP contribution in [0.15, 0.2) is 24.3 Å². The second-order valence-corrected chi connectivity index (χ2v) is 5.35. The van der Waals surface area contributed by atoms with Crippen LogP contribution < -0.4 is 10.5 Å². The van der Waals surface area contributed by atoms with Gasteiger partial charge >= 0.3 is 0 Å². The molecule has 0 bridgehead atoms. The number of ether oxygens (including phenoxy) is 1. The van der Waals surface area contributed by atoms with Crippen molar-refractivity contribution >= 4 is 17.2 Å². The normalized spacial score (nSPS) is 12.5. The first-order valence-electron chi connectivity index (χ1n) is 6.02. The van der Waals surface area contributed by atoms with Crippen LogP contribution in [-0.2, 0) is 0 Å². The molecule has 17 heavy (non-hydrogen) atoms. The Morgan fingerprint density at radius 2 is 1.94 bits per heavy atom. The number of para-hydroxylation sites is 1. The monoisotopic (exact) mass is 251 g/mol. The van der Waals surface area contributed by atoms with Gasteiger partial charge in [-0.2, -0.15) is 0 Å². The van der Waals surface area contributed by atoms with E-state index in [-0.39, 0.29) is 0 Å². The Morgan fingerprint density at radius 1 is 1.29 bits per heavy atom. The van der Waals surface area contributed by atoms with Gasteiger partial charge in [-0.05, 0) is 30.4 Å². The minimum atomic E-state index is 0.386. The molecule has 1 aromatic carbocycles. The SMILES string of the molecule is CC(C)CC(C)COc1ccccc1C(N)=S. The van der Waals surface area contributed by atoms with Gasteiger partial charge in [0, 0.05) is 0 Å². The van der Waals surface area contributed by atoms with E-state index in [0.29, 0.717) is 23.4 Å². The number of thiocarbonyl (C=S) groups is 1.